The minimum absolute atomic E-state index is 0.252. The molecule has 8 nitrogen and oxygen atoms in total. The number of rotatable bonds is 3. The van der Waals surface area contributed by atoms with Gasteiger partial charge in [0.25, 0.3) is 0 Å². The normalized spacial score (nSPS) is 16.9. The Hall–Kier alpha value is -2.84. The standard InChI is InChI=1S/C15H16N6.C11H22N2.C4H10/c1-9(2)19-14-10(3)6-11(7-17-14)12-4-5-21-13(12)8-18-15(16)20-21;1-12-7-9-13(10-8-12)11-5-3-2-4-6-11;1-4(2)3/h4-8H,1-3H3,(H2,16,20);11H,2-10H2,1H3;4H,1-3H3. The lowest BCUT2D eigenvalue weighted by Crippen LogP contribution is -2.49. The van der Waals surface area contributed by atoms with Crippen LogP contribution >= 0.6 is 0 Å². The van der Waals surface area contributed by atoms with Gasteiger partial charge in [0.1, 0.15) is 0 Å². The molecule has 4 heterocycles. The molecule has 2 N–H and O–H groups in total. The minimum atomic E-state index is 0.252. The second-order valence-electron chi connectivity index (χ2n) is 11.5. The van der Waals surface area contributed by atoms with Crippen LogP contribution in [0.2, 0.25) is 0 Å². The number of pyridine rings is 1. The van der Waals surface area contributed by atoms with Crippen LogP contribution in [0.4, 0.5) is 11.8 Å². The van der Waals surface area contributed by atoms with Gasteiger partial charge in [-0.3, -0.25) is 4.90 Å². The molecular formula is C30H48N8. The van der Waals surface area contributed by atoms with E-state index in [1.54, 1.807) is 10.7 Å². The molecule has 208 valence electrons. The van der Waals surface area contributed by atoms with E-state index < -0.39 is 0 Å². The van der Waals surface area contributed by atoms with Crippen molar-refractivity contribution in [1.29, 1.82) is 0 Å². The van der Waals surface area contributed by atoms with Gasteiger partial charge in [-0.25, -0.2) is 19.5 Å². The summed E-state index contributed by atoms with van der Waals surface area (Å²) in [5.74, 6) is 1.84. The molecule has 0 bridgehead atoms. The van der Waals surface area contributed by atoms with E-state index in [0.29, 0.717) is 0 Å². The number of fused-ring (bicyclic) bond motifs is 1. The summed E-state index contributed by atoms with van der Waals surface area (Å²) in [4.78, 5) is 18.1. The van der Waals surface area contributed by atoms with Gasteiger partial charge in [0.15, 0.2) is 5.82 Å². The maximum atomic E-state index is 5.59. The molecule has 0 amide bonds. The molecule has 2 aliphatic rings. The third kappa shape index (κ3) is 8.88. The first kappa shape index (κ1) is 29.7. The van der Waals surface area contributed by atoms with E-state index in [0.717, 1.165) is 45.7 Å². The summed E-state index contributed by atoms with van der Waals surface area (Å²) in [6.07, 6.45) is 12.7. The molecule has 0 atom stereocenters. The number of nitrogens with zero attached hydrogens (tertiary/aromatic N) is 7. The van der Waals surface area contributed by atoms with Gasteiger partial charge >= 0.3 is 0 Å². The predicted octanol–water partition coefficient (Wildman–Crippen LogP) is 6.02. The molecule has 5 rings (SSSR count). The van der Waals surface area contributed by atoms with Gasteiger partial charge in [0.2, 0.25) is 5.95 Å². The largest absolute Gasteiger partial charge is 0.367 e. The summed E-state index contributed by atoms with van der Waals surface area (Å²) < 4.78 is 1.72. The van der Waals surface area contributed by atoms with Crippen LogP contribution in [0.15, 0.2) is 35.7 Å². The Kier molecular flexibility index (Phi) is 11.2. The Morgan fingerprint density at radius 3 is 2.26 bits per heavy atom. The number of aromatic nitrogens is 4. The molecule has 3 aromatic rings. The molecule has 1 aliphatic heterocycles. The third-order valence-corrected chi connectivity index (χ3v) is 6.75. The van der Waals surface area contributed by atoms with E-state index in [1.807, 2.05) is 39.2 Å². The summed E-state index contributed by atoms with van der Waals surface area (Å²) >= 11 is 0. The van der Waals surface area contributed by atoms with E-state index in [-0.39, 0.29) is 5.95 Å². The smallest absolute Gasteiger partial charge is 0.238 e. The van der Waals surface area contributed by atoms with Gasteiger partial charge in [-0.15, -0.1) is 5.10 Å². The minimum Gasteiger partial charge on any atom is -0.367 e. The first-order valence-corrected chi connectivity index (χ1v) is 14.2. The molecule has 0 unspecified atom stereocenters. The zero-order chi connectivity index (χ0) is 27.7. The molecule has 1 saturated heterocycles. The molecule has 0 radical (unpaired) electrons. The Balaban J connectivity index is 0.000000200. The van der Waals surface area contributed by atoms with Crippen LogP contribution in [-0.4, -0.2) is 74.4 Å². The van der Waals surface area contributed by atoms with Crippen molar-refractivity contribution in [2.45, 2.75) is 79.7 Å². The average Bonchev–Trinajstić information content (AvgIpc) is 3.29. The summed E-state index contributed by atoms with van der Waals surface area (Å²) in [6.45, 7) is 17.6. The van der Waals surface area contributed by atoms with Crippen molar-refractivity contribution in [3.8, 4) is 11.1 Å². The van der Waals surface area contributed by atoms with E-state index >= 15 is 0 Å². The number of aryl methyl sites for hydroxylation is 1. The van der Waals surface area contributed by atoms with Crippen molar-refractivity contribution in [2.24, 2.45) is 10.9 Å². The monoisotopic (exact) mass is 520 g/mol. The van der Waals surface area contributed by atoms with Crippen LogP contribution in [0.1, 0.15) is 72.3 Å². The van der Waals surface area contributed by atoms with Gasteiger partial charge in [-0.05, 0) is 64.3 Å². The first-order chi connectivity index (χ1) is 18.1. The van der Waals surface area contributed by atoms with Crippen LogP contribution in [0.5, 0.6) is 0 Å². The van der Waals surface area contributed by atoms with Crippen LogP contribution in [-0.2, 0) is 0 Å². The summed E-state index contributed by atoms with van der Waals surface area (Å²) in [5, 5.41) is 4.14. The highest BCUT2D eigenvalue weighted by atomic mass is 15.3. The van der Waals surface area contributed by atoms with Crippen LogP contribution in [0, 0.1) is 12.8 Å². The lowest BCUT2D eigenvalue weighted by Gasteiger charge is -2.39. The van der Waals surface area contributed by atoms with Crippen LogP contribution in [0.25, 0.3) is 16.6 Å². The van der Waals surface area contributed by atoms with Gasteiger partial charge in [0, 0.05) is 61.5 Å². The third-order valence-electron chi connectivity index (χ3n) is 6.75. The summed E-state index contributed by atoms with van der Waals surface area (Å²) in [5.41, 5.74) is 10.5. The van der Waals surface area contributed by atoms with Gasteiger partial charge in [0.05, 0.1) is 11.7 Å². The number of nitrogens with two attached hydrogens (primary N) is 1. The Morgan fingerprint density at radius 1 is 1.00 bits per heavy atom. The zero-order valence-corrected chi connectivity index (χ0v) is 24.6. The van der Waals surface area contributed by atoms with Gasteiger partial charge < -0.3 is 10.6 Å². The number of hydrogen-bond acceptors (Lipinski definition) is 7. The van der Waals surface area contributed by atoms with Crippen molar-refractivity contribution in [3.63, 3.8) is 0 Å². The fourth-order valence-corrected chi connectivity index (χ4v) is 4.83. The SMILES string of the molecule is CC(C)=Nc1ncc(-c2ccn3nc(N)ncc23)cc1C.CC(C)C.CN1CCN(C2CCCCC2)CC1. The van der Waals surface area contributed by atoms with E-state index in [2.05, 4.69) is 63.7 Å². The topological polar surface area (TPSA) is 87.9 Å². The molecule has 1 aliphatic carbocycles. The molecule has 8 heteroatoms. The molecule has 2 fully saturated rings. The lowest BCUT2D eigenvalue weighted by atomic mass is 9.94. The lowest BCUT2D eigenvalue weighted by molar-refractivity contribution is 0.0913. The molecule has 38 heavy (non-hydrogen) atoms. The quantitative estimate of drug-likeness (QED) is 0.425. The van der Waals surface area contributed by atoms with Gasteiger partial charge in [-0.2, -0.15) is 0 Å². The van der Waals surface area contributed by atoms with Crippen molar-refractivity contribution in [1.82, 2.24) is 29.4 Å². The van der Waals surface area contributed by atoms with Crippen LogP contribution < -0.4 is 5.73 Å². The number of anilines is 1. The fraction of sp³-hybridized carbons (Fsp3) is 0.600. The average molecular weight is 521 g/mol. The zero-order valence-electron chi connectivity index (χ0n) is 24.6. The highest BCUT2D eigenvalue weighted by Crippen LogP contribution is 2.28. The van der Waals surface area contributed by atoms with Crippen LogP contribution in [0.3, 0.4) is 0 Å². The number of nitrogen functional groups attached to an aromatic ring is 1. The van der Waals surface area contributed by atoms with Crippen molar-refractivity contribution >= 4 is 23.0 Å². The maximum absolute atomic E-state index is 5.59. The van der Waals surface area contributed by atoms with Crippen molar-refractivity contribution < 1.29 is 0 Å². The van der Waals surface area contributed by atoms with E-state index in [9.17, 15) is 0 Å². The van der Waals surface area contributed by atoms with E-state index in [1.165, 1.54) is 58.3 Å². The van der Waals surface area contributed by atoms with Crippen molar-refractivity contribution in [2.75, 3.05) is 39.0 Å². The number of hydrogen-bond donors (Lipinski definition) is 1. The second kappa shape index (κ2) is 14.4. The Bertz CT molecular complexity index is 1160. The highest BCUT2D eigenvalue weighted by molar-refractivity contribution is 5.83. The Labute approximate surface area is 229 Å². The molecule has 0 spiro atoms. The Morgan fingerprint density at radius 2 is 1.66 bits per heavy atom. The summed E-state index contributed by atoms with van der Waals surface area (Å²) in [6, 6.07) is 4.98. The number of aliphatic imine (C=N–C) groups is 1. The maximum Gasteiger partial charge on any atom is 0.238 e. The second-order valence-corrected chi connectivity index (χ2v) is 11.5. The molecule has 1 saturated carbocycles. The number of piperazine rings is 1. The number of likely N-dealkylation sites (N-methyl/N-ethyl adjacent to an activating group) is 1. The molecule has 0 aromatic carbocycles. The van der Waals surface area contributed by atoms with E-state index in [4.69, 9.17) is 5.73 Å². The van der Waals surface area contributed by atoms with Crippen molar-refractivity contribution in [3.05, 3.63) is 36.3 Å². The highest BCUT2D eigenvalue weighted by Gasteiger charge is 2.23. The first-order valence-electron chi connectivity index (χ1n) is 14.2. The summed E-state index contributed by atoms with van der Waals surface area (Å²) in [7, 11) is 2.23. The van der Waals surface area contributed by atoms with Gasteiger partial charge in [-0.1, -0.05) is 40.0 Å². The predicted molar refractivity (Wildman–Crippen MR) is 160 cm³/mol. The molecule has 3 aromatic heterocycles. The molecular weight excluding hydrogens is 472 g/mol. The fourth-order valence-electron chi connectivity index (χ4n) is 4.83.